The molecular formula is C14H11NOS. The van der Waals surface area contributed by atoms with Crippen LogP contribution in [-0.4, -0.2) is 4.98 Å². The van der Waals surface area contributed by atoms with Crippen LogP contribution in [0.15, 0.2) is 52.5 Å². The standard InChI is InChI=1S/C14H11NOS/c1-10-4-6-11(7-5-10)12-9-17-14(15-12)13-3-2-8-16-13/h2-9H,1H3. The molecule has 0 saturated carbocycles. The first-order valence-electron chi connectivity index (χ1n) is 5.39. The Labute approximate surface area is 104 Å². The summed E-state index contributed by atoms with van der Waals surface area (Å²) in [6, 6.07) is 12.2. The SMILES string of the molecule is Cc1ccc(-c2csc(-c3ccco3)n2)cc1. The zero-order chi connectivity index (χ0) is 11.7. The number of benzene rings is 1. The first-order valence-corrected chi connectivity index (χ1v) is 6.27. The first-order chi connectivity index (χ1) is 8.33. The van der Waals surface area contributed by atoms with Gasteiger partial charge in [0, 0.05) is 10.9 Å². The van der Waals surface area contributed by atoms with Gasteiger partial charge in [-0.05, 0) is 19.1 Å². The molecule has 2 nitrogen and oxygen atoms in total. The van der Waals surface area contributed by atoms with E-state index in [1.54, 1.807) is 17.6 Å². The highest BCUT2D eigenvalue weighted by Crippen LogP contribution is 2.28. The molecule has 3 rings (SSSR count). The van der Waals surface area contributed by atoms with Crippen molar-refractivity contribution in [3.8, 4) is 22.0 Å². The second-order valence-corrected chi connectivity index (χ2v) is 4.74. The van der Waals surface area contributed by atoms with Gasteiger partial charge in [-0.3, -0.25) is 0 Å². The Morgan fingerprint density at radius 1 is 1.12 bits per heavy atom. The Balaban J connectivity index is 1.98. The summed E-state index contributed by atoms with van der Waals surface area (Å²) >= 11 is 1.60. The zero-order valence-corrected chi connectivity index (χ0v) is 10.2. The number of rotatable bonds is 2. The van der Waals surface area contributed by atoms with Crippen molar-refractivity contribution < 1.29 is 4.42 Å². The summed E-state index contributed by atoms with van der Waals surface area (Å²) in [5, 5.41) is 2.98. The quantitative estimate of drug-likeness (QED) is 0.665. The maximum absolute atomic E-state index is 5.34. The smallest absolute Gasteiger partial charge is 0.162 e. The van der Waals surface area contributed by atoms with Gasteiger partial charge in [0.05, 0.1) is 12.0 Å². The van der Waals surface area contributed by atoms with E-state index in [2.05, 4.69) is 41.6 Å². The summed E-state index contributed by atoms with van der Waals surface area (Å²) in [6.07, 6.45) is 1.67. The number of furan rings is 1. The molecule has 3 heteroatoms. The summed E-state index contributed by atoms with van der Waals surface area (Å²) in [7, 11) is 0. The molecule has 0 bridgehead atoms. The highest BCUT2D eigenvalue weighted by molar-refractivity contribution is 7.13. The Morgan fingerprint density at radius 3 is 2.65 bits per heavy atom. The molecule has 0 atom stereocenters. The molecule has 3 aromatic rings. The third kappa shape index (κ3) is 2.01. The summed E-state index contributed by atoms with van der Waals surface area (Å²) in [4.78, 5) is 4.58. The van der Waals surface area contributed by atoms with E-state index in [9.17, 15) is 0 Å². The predicted octanol–water partition coefficient (Wildman–Crippen LogP) is 4.38. The van der Waals surface area contributed by atoms with E-state index in [0.29, 0.717) is 0 Å². The lowest BCUT2D eigenvalue weighted by Crippen LogP contribution is -1.79. The van der Waals surface area contributed by atoms with Crippen molar-refractivity contribution in [2.75, 3.05) is 0 Å². The monoisotopic (exact) mass is 241 g/mol. The van der Waals surface area contributed by atoms with Gasteiger partial charge >= 0.3 is 0 Å². The van der Waals surface area contributed by atoms with Crippen LogP contribution in [0, 0.1) is 6.92 Å². The first kappa shape index (κ1) is 10.3. The molecule has 2 heterocycles. The highest BCUT2D eigenvalue weighted by Gasteiger charge is 2.08. The van der Waals surface area contributed by atoms with Crippen molar-refractivity contribution in [3.05, 3.63) is 53.6 Å². The van der Waals surface area contributed by atoms with Crippen molar-refractivity contribution in [3.63, 3.8) is 0 Å². The average molecular weight is 241 g/mol. The molecule has 0 aliphatic rings. The lowest BCUT2D eigenvalue weighted by molar-refractivity contribution is 0.582. The second-order valence-electron chi connectivity index (χ2n) is 3.88. The fourth-order valence-electron chi connectivity index (χ4n) is 1.64. The molecule has 1 aromatic carbocycles. The summed E-state index contributed by atoms with van der Waals surface area (Å²) < 4.78 is 5.34. The number of aromatic nitrogens is 1. The summed E-state index contributed by atoms with van der Waals surface area (Å²) in [5.41, 5.74) is 3.40. The van der Waals surface area contributed by atoms with Gasteiger partial charge in [-0.2, -0.15) is 0 Å². The lowest BCUT2D eigenvalue weighted by Gasteiger charge is -1.96. The molecule has 0 saturated heterocycles. The normalized spacial score (nSPS) is 10.6. The Bertz CT molecular complexity index is 608. The van der Waals surface area contributed by atoms with Gasteiger partial charge in [-0.15, -0.1) is 11.3 Å². The van der Waals surface area contributed by atoms with Crippen LogP contribution in [0.4, 0.5) is 0 Å². The minimum absolute atomic E-state index is 0.827. The second kappa shape index (κ2) is 4.18. The van der Waals surface area contributed by atoms with E-state index in [0.717, 1.165) is 22.0 Å². The van der Waals surface area contributed by atoms with Crippen LogP contribution in [-0.2, 0) is 0 Å². The van der Waals surface area contributed by atoms with Crippen LogP contribution in [0.1, 0.15) is 5.56 Å². The summed E-state index contributed by atoms with van der Waals surface area (Å²) in [6.45, 7) is 2.08. The van der Waals surface area contributed by atoms with E-state index in [1.165, 1.54) is 5.56 Å². The van der Waals surface area contributed by atoms with Gasteiger partial charge in [-0.1, -0.05) is 29.8 Å². The molecule has 84 valence electrons. The predicted molar refractivity (Wildman–Crippen MR) is 70.0 cm³/mol. The minimum atomic E-state index is 0.827. The van der Waals surface area contributed by atoms with Crippen molar-refractivity contribution in [2.45, 2.75) is 6.92 Å². The fraction of sp³-hybridized carbons (Fsp3) is 0.0714. The number of nitrogens with zero attached hydrogens (tertiary/aromatic N) is 1. The summed E-state index contributed by atoms with van der Waals surface area (Å²) in [5.74, 6) is 0.827. The number of hydrogen-bond acceptors (Lipinski definition) is 3. The Morgan fingerprint density at radius 2 is 1.94 bits per heavy atom. The molecule has 17 heavy (non-hydrogen) atoms. The topological polar surface area (TPSA) is 26.0 Å². The van der Waals surface area contributed by atoms with Crippen molar-refractivity contribution >= 4 is 11.3 Å². The maximum Gasteiger partial charge on any atom is 0.162 e. The van der Waals surface area contributed by atoms with Gasteiger partial charge in [0.1, 0.15) is 0 Å². The van der Waals surface area contributed by atoms with Crippen LogP contribution in [0.25, 0.3) is 22.0 Å². The Hall–Kier alpha value is -1.87. The molecule has 0 aliphatic heterocycles. The number of hydrogen-bond donors (Lipinski definition) is 0. The van der Waals surface area contributed by atoms with E-state index in [-0.39, 0.29) is 0 Å². The van der Waals surface area contributed by atoms with E-state index >= 15 is 0 Å². The number of aryl methyl sites for hydroxylation is 1. The van der Waals surface area contributed by atoms with Crippen molar-refractivity contribution in [1.82, 2.24) is 4.98 Å². The molecular weight excluding hydrogens is 230 g/mol. The Kier molecular flexibility index (Phi) is 2.53. The molecule has 0 spiro atoms. The minimum Gasteiger partial charge on any atom is -0.462 e. The largest absolute Gasteiger partial charge is 0.462 e. The molecule has 0 radical (unpaired) electrons. The molecule has 2 aromatic heterocycles. The van der Waals surface area contributed by atoms with E-state index in [4.69, 9.17) is 4.42 Å². The highest BCUT2D eigenvalue weighted by atomic mass is 32.1. The lowest BCUT2D eigenvalue weighted by atomic mass is 10.1. The molecule has 0 fully saturated rings. The van der Waals surface area contributed by atoms with Crippen LogP contribution < -0.4 is 0 Å². The van der Waals surface area contributed by atoms with Gasteiger partial charge in [0.2, 0.25) is 0 Å². The third-order valence-corrected chi connectivity index (χ3v) is 3.44. The third-order valence-electron chi connectivity index (χ3n) is 2.58. The molecule has 0 N–H and O–H groups in total. The average Bonchev–Trinajstić information content (AvgIpc) is 3.00. The maximum atomic E-state index is 5.34. The fourth-order valence-corrected chi connectivity index (χ4v) is 2.44. The van der Waals surface area contributed by atoms with Gasteiger partial charge in [0.25, 0.3) is 0 Å². The van der Waals surface area contributed by atoms with Crippen molar-refractivity contribution in [2.24, 2.45) is 0 Å². The molecule has 0 unspecified atom stereocenters. The van der Waals surface area contributed by atoms with E-state index < -0.39 is 0 Å². The van der Waals surface area contributed by atoms with Crippen LogP contribution >= 0.6 is 11.3 Å². The van der Waals surface area contributed by atoms with Crippen LogP contribution in [0.3, 0.4) is 0 Å². The molecule has 0 aliphatic carbocycles. The van der Waals surface area contributed by atoms with Gasteiger partial charge in [0.15, 0.2) is 10.8 Å². The molecule has 0 amide bonds. The van der Waals surface area contributed by atoms with E-state index in [1.807, 2.05) is 12.1 Å². The zero-order valence-electron chi connectivity index (χ0n) is 9.38. The van der Waals surface area contributed by atoms with Gasteiger partial charge in [-0.25, -0.2) is 4.98 Å². The van der Waals surface area contributed by atoms with Crippen LogP contribution in [0.5, 0.6) is 0 Å². The van der Waals surface area contributed by atoms with Crippen LogP contribution in [0.2, 0.25) is 0 Å². The van der Waals surface area contributed by atoms with Gasteiger partial charge < -0.3 is 4.42 Å². The van der Waals surface area contributed by atoms with Crippen molar-refractivity contribution in [1.29, 1.82) is 0 Å². The number of thiazole rings is 1.